The summed E-state index contributed by atoms with van der Waals surface area (Å²) in [7, 11) is 0.485. The van der Waals surface area contributed by atoms with E-state index in [1.54, 1.807) is 18.2 Å². The number of fused-ring (bicyclic) bond motifs is 1. The van der Waals surface area contributed by atoms with E-state index in [4.69, 9.17) is 14.1 Å². The van der Waals surface area contributed by atoms with E-state index in [1.807, 2.05) is 12.1 Å². The van der Waals surface area contributed by atoms with Gasteiger partial charge >= 0.3 is 5.97 Å². The molecule has 0 bridgehead atoms. The maximum absolute atomic E-state index is 11.9. The molecule has 3 aromatic rings. The van der Waals surface area contributed by atoms with Crippen molar-refractivity contribution >= 4 is 25.9 Å². The van der Waals surface area contributed by atoms with E-state index >= 15 is 0 Å². The van der Waals surface area contributed by atoms with E-state index < -0.39 is 21.1 Å². The third-order valence-corrected chi connectivity index (χ3v) is 8.56. The molecule has 2 atom stereocenters. The smallest absolute Gasteiger partial charge is 0.337 e. The first-order chi connectivity index (χ1) is 19.1. The first-order valence-corrected chi connectivity index (χ1v) is 17.7. The number of carbonyl (C=O) groups excluding carboxylic acids is 1. The van der Waals surface area contributed by atoms with Gasteiger partial charge in [-0.3, -0.25) is 4.98 Å². The van der Waals surface area contributed by atoms with Crippen LogP contribution in [0, 0.1) is 5.41 Å². The summed E-state index contributed by atoms with van der Waals surface area (Å²) < 4.78 is 10.6. The number of rotatable bonds is 15. The molecule has 2 aromatic carbocycles. The van der Waals surface area contributed by atoms with E-state index in [9.17, 15) is 9.90 Å². The van der Waals surface area contributed by atoms with Gasteiger partial charge in [0.25, 0.3) is 0 Å². The highest BCUT2D eigenvalue weighted by Crippen LogP contribution is 2.40. The van der Waals surface area contributed by atoms with Crippen LogP contribution >= 0.6 is 0 Å². The van der Waals surface area contributed by atoms with Gasteiger partial charge in [-0.1, -0.05) is 83.2 Å². The van der Waals surface area contributed by atoms with Crippen LogP contribution < -0.4 is 0 Å². The molecule has 0 spiro atoms. The minimum Gasteiger partial charge on any atom is -0.465 e. The maximum Gasteiger partial charge on any atom is 0.337 e. The average Bonchev–Trinajstić information content (AvgIpc) is 2.92. The lowest BCUT2D eigenvalue weighted by Crippen LogP contribution is -2.18. The highest BCUT2D eigenvalue weighted by Gasteiger charge is 2.26. The topological polar surface area (TPSA) is 68.7 Å². The Balaban J connectivity index is 1.63. The van der Waals surface area contributed by atoms with Crippen molar-refractivity contribution in [2.45, 2.75) is 97.3 Å². The highest BCUT2D eigenvalue weighted by molar-refractivity contribution is 6.48. The number of nitrogens with zero attached hydrogens (tertiary/aromatic N) is 1. The molecule has 40 heavy (non-hydrogen) atoms. The second-order valence-corrected chi connectivity index (χ2v) is 14.8. The van der Waals surface area contributed by atoms with Crippen LogP contribution in [-0.4, -0.2) is 38.8 Å². The van der Waals surface area contributed by atoms with Gasteiger partial charge in [0.1, 0.15) is 0 Å². The summed E-state index contributed by atoms with van der Waals surface area (Å²) in [5.41, 5.74) is 4.40. The number of carbonyl (C=O) groups is 1. The van der Waals surface area contributed by atoms with Gasteiger partial charge in [0.2, 0.25) is 0 Å². The lowest BCUT2D eigenvalue weighted by Gasteiger charge is -2.31. The lowest BCUT2D eigenvalue weighted by molar-refractivity contribution is 0.0600. The van der Waals surface area contributed by atoms with E-state index in [0.29, 0.717) is 23.5 Å². The second-order valence-electron chi connectivity index (χ2n) is 12.3. The van der Waals surface area contributed by atoms with Crippen LogP contribution in [0.3, 0.4) is 0 Å². The Morgan fingerprint density at radius 1 is 0.925 bits per heavy atom. The Morgan fingerprint density at radius 2 is 1.62 bits per heavy atom. The third kappa shape index (κ3) is 9.83. The molecule has 0 saturated carbocycles. The molecule has 0 saturated heterocycles. The molecule has 0 aliphatic carbocycles. The zero-order valence-electron chi connectivity index (χ0n) is 25.4. The van der Waals surface area contributed by atoms with Crippen molar-refractivity contribution in [3.05, 3.63) is 77.0 Å². The molecule has 1 aromatic heterocycles. The number of aliphatic hydroxyl groups excluding tert-OH is 1. The summed E-state index contributed by atoms with van der Waals surface area (Å²) in [4.78, 5) is 16.8. The normalized spacial score (nSPS) is 13.5. The van der Waals surface area contributed by atoms with Crippen LogP contribution in [0.5, 0.6) is 0 Å². The molecule has 2 unspecified atom stereocenters. The van der Waals surface area contributed by atoms with Crippen LogP contribution in [0.4, 0.5) is 0 Å². The molecule has 0 aliphatic rings. The number of esters is 1. The molecule has 5 nitrogen and oxygen atoms in total. The minimum absolute atomic E-state index is 0.157. The van der Waals surface area contributed by atoms with Crippen molar-refractivity contribution < 1.29 is 19.1 Å². The number of hydrogen-bond acceptors (Lipinski definition) is 5. The minimum atomic E-state index is -0.873. The molecule has 1 N–H and O–H groups in total. The number of aliphatic hydroxyl groups is 1. The number of methoxy groups -OCH3 is 1. The summed E-state index contributed by atoms with van der Waals surface area (Å²) in [6.45, 7) is 12.4. The largest absolute Gasteiger partial charge is 0.465 e. The quantitative estimate of drug-likeness (QED) is 0.115. The van der Waals surface area contributed by atoms with Crippen molar-refractivity contribution in [2.75, 3.05) is 13.7 Å². The third-order valence-electron chi connectivity index (χ3n) is 7.65. The van der Waals surface area contributed by atoms with Crippen molar-refractivity contribution in [1.82, 2.24) is 4.98 Å². The van der Waals surface area contributed by atoms with Gasteiger partial charge in [-0.2, -0.15) is 0 Å². The lowest BCUT2D eigenvalue weighted by atomic mass is 9.73. The van der Waals surface area contributed by atoms with Gasteiger partial charge < -0.3 is 14.3 Å². The first kappa shape index (κ1) is 32.0. The summed E-state index contributed by atoms with van der Waals surface area (Å²) in [6, 6.07) is 17.7. The molecule has 0 aliphatic heterocycles. The number of aromatic nitrogens is 1. The van der Waals surface area contributed by atoms with Crippen molar-refractivity contribution in [2.24, 2.45) is 5.41 Å². The predicted molar refractivity (Wildman–Crippen MR) is 168 cm³/mol. The fourth-order valence-corrected chi connectivity index (χ4v) is 6.03. The van der Waals surface area contributed by atoms with E-state index in [1.165, 1.54) is 57.6 Å². The second kappa shape index (κ2) is 15.5. The molecule has 218 valence electrons. The molecule has 6 heteroatoms. The molecular weight excluding hydrogens is 514 g/mol. The van der Waals surface area contributed by atoms with E-state index in [-0.39, 0.29) is 5.41 Å². The predicted octanol–water partition coefficient (Wildman–Crippen LogP) is 8.16. The van der Waals surface area contributed by atoms with Gasteiger partial charge in [-0.15, -0.1) is 0 Å². The van der Waals surface area contributed by atoms with Gasteiger partial charge in [0.15, 0.2) is 9.04 Å². The highest BCUT2D eigenvalue weighted by atomic mass is 28.3. The van der Waals surface area contributed by atoms with Crippen molar-refractivity contribution in [1.29, 1.82) is 0 Å². The Labute approximate surface area is 243 Å². The Bertz CT molecular complexity index is 1220. The molecule has 1 heterocycles. The Kier molecular flexibility index (Phi) is 12.4. The zero-order chi connectivity index (χ0) is 29.1. The van der Waals surface area contributed by atoms with Crippen LogP contribution in [0.1, 0.15) is 105 Å². The SMILES string of the molecule is COC(=O)c1cccc(C(O)Cc2ccc3ccc(C(CCCCCCCCO[SiH](C)C)C(C)(C)C)cc3n2)c1. The van der Waals surface area contributed by atoms with Gasteiger partial charge in [-0.25, -0.2) is 4.79 Å². The van der Waals surface area contributed by atoms with Crippen molar-refractivity contribution in [3.63, 3.8) is 0 Å². The Morgan fingerprint density at radius 3 is 2.33 bits per heavy atom. The monoisotopic (exact) mass is 563 g/mol. The fourth-order valence-electron chi connectivity index (χ4n) is 5.39. The fraction of sp³-hybridized carbons (Fsp3) is 0.529. The molecule has 0 amide bonds. The average molecular weight is 564 g/mol. The van der Waals surface area contributed by atoms with Crippen LogP contribution in [0.2, 0.25) is 13.1 Å². The molecule has 0 fully saturated rings. The summed E-state index contributed by atoms with van der Waals surface area (Å²) in [5, 5.41) is 12.0. The summed E-state index contributed by atoms with van der Waals surface area (Å²) in [6.07, 6.45) is 8.35. The molecule has 0 radical (unpaired) electrons. The summed E-state index contributed by atoms with van der Waals surface area (Å²) in [5.74, 6) is 0.0469. The van der Waals surface area contributed by atoms with Gasteiger partial charge in [-0.05, 0) is 72.7 Å². The number of benzene rings is 2. The number of unbranched alkanes of at least 4 members (excludes halogenated alkanes) is 5. The Hall–Kier alpha value is -2.54. The molecular formula is C34H49NO4Si. The molecule has 3 rings (SSSR count). The van der Waals surface area contributed by atoms with Crippen LogP contribution in [-0.2, 0) is 15.6 Å². The van der Waals surface area contributed by atoms with E-state index in [0.717, 1.165) is 23.2 Å². The summed E-state index contributed by atoms with van der Waals surface area (Å²) >= 11 is 0. The van der Waals surface area contributed by atoms with Gasteiger partial charge in [0, 0.05) is 24.1 Å². The van der Waals surface area contributed by atoms with Crippen LogP contribution in [0.15, 0.2) is 54.6 Å². The number of hydrogen-bond donors (Lipinski definition) is 1. The maximum atomic E-state index is 11.9. The number of ether oxygens (including phenoxy) is 1. The number of pyridine rings is 1. The van der Waals surface area contributed by atoms with Crippen LogP contribution in [0.25, 0.3) is 10.9 Å². The van der Waals surface area contributed by atoms with Crippen molar-refractivity contribution in [3.8, 4) is 0 Å². The van der Waals surface area contributed by atoms with E-state index in [2.05, 4.69) is 58.1 Å². The zero-order valence-corrected chi connectivity index (χ0v) is 26.6. The first-order valence-electron chi connectivity index (χ1n) is 15.0. The van der Waals surface area contributed by atoms with Gasteiger partial charge in [0.05, 0.1) is 24.3 Å². The standard InChI is InChI=1S/C34H49NO4Si/c1-34(2,3)30(16-11-9-7-8-10-12-21-39-40(5)6)26-18-17-25-19-20-29(35-31(25)23-26)24-32(36)27-14-13-15-28(22-27)33(37)38-4/h13-15,17-20,22-23,30,32,36,40H,7-12,16,21,24H2,1-6H3.